The Balaban J connectivity index is 2.43. The summed E-state index contributed by atoms with van der Waals surface area (Å²) in [7, 11) is 0. The molecule has 13 heteroatoms. The molecular weight excluding hydrogens is 563 g/mol. The number of cyclic esters (lactones) is 1. The normalized spacial score (nSPS) is 22.4. The van der Waals surface area contributed by atoms with Crippen LogP contribution in [-0.2, 0) is 34.7 Å². The highest BCUT2D eigenvalue weighted by Crippen LogP contribution is 2.31. The number of hydrogen-bond acceptors (Lipinski definition) is 9. The number of nitrogens with zero attached hydrogens (tertiary/aromatic N) is 1. The van der Waals surface area contributed by atoms with E-state index in [0.717, 1.165) is 24.3 Å². The molecule has 0 spiro atoms. The van der Waals surface area contributed by atoms with Crippen molar-refractivity contribution in [3.05, 3.63) is 29.8 Å². The molecule has 238 valence electrons. The van der Waals surface area contributed by atoms with Crippen LogP contribution in [0.2, 0.25) is 0 Å². The Morgan fingerprint density at radius 3 is 1.93 bits per heavy atom. The topological polar surface area (TPSA) is 110 Å². The number of ether oxygens (including phenoxy) is 6. The van der Waals surface area contributed by atoms with Crippen molar-refractivity contribution < 1.29 is 56.0 Å². The van der Waals surface area contributed by atoms with Gasteiger partial charge in [-0.2, -0.15) is 18.1 Å². The smallest absolute Gasteiger partial charge is 0.420 e. The SMILES string of the molecule is CC(C)CO[C@H]1COC[C@H](N(C(=O)OC(C)(C)C)C(=O)OC(C)(C)C)C(=O)O[C@@H](C)[C@@H]1Oc1ccc(C(F)(F)F)cc1. The number of halogens is 3. The highest BCUT2D eigenvalue weighted by atomic mass is 19.4. The third kappa shape index (κ3) is 11.0. The summed E-state index contributed by atoms with van der Waals surface area (Å²) in [4.78, 5) is 40.3. The maximum absolute atomic E-state index is 13.5. The van der Waals surface area contributed by atoms with Crippen molar-refractivity contribution in [3.8, 4) is 5.75 Å². The highest BCUT2D eigenvalue weighted by molar-refractivity contribution is 5.94. The molecule has 0 radical (unpaired) electrons. The fourth-order valence-corrected chi connectivity index (χ4v) is 3.73. The van der Waals surface area contributed by atoms with Crippen LogP contribution in [0.5, 0.6) is 5.75 Å². The Bertz CT molecular complexity index is 1030. The van der Waals surface area contributed by atoms with Gasteiger partial charge in [-0.25, -0.2) is 14.4 Å². The molecule has 1 saturated heterocycles. The molecule has 0 unspecified atom stereocenters. The van der Waals surface area contributed by atoms with Gasteiger partial charge in [-0.05, 0) is 78.6 Å². The van der Waals surface area contributed by atoms with Gasteiger partial charge in [0.05, 0.1) is 18.8 Å². The average Bonchev–Trinajstić information content (AvgIpc) is 2.85. The van der Waals surface area contributed by atoms with Crippen LogP contribution in [0.15, 0.2) is 24.3 Å². The van der Waals surface area contributed by atoms with Crippen LogP contribution in [0, 0.1) is 5.92 Å². The molecule has 1 heterocycles. The van der Waals surface area contributed by atoms with Gasteiger partial charge in [0.1, 0.15) is 29.2 Å². The predicted octanol–water partition coefficient (Wildman–Crippen LogP) is 6.00. The lowest BCUT2D eigenvalue weighted by Crippen LogP contribution is -2.54. The van der Waals surface area contributed by atoms with Crippen LogP contribution in [0.25, 0.3) is 0 Å². The first-order valence-electron chi connectivity index (χ1n) is 13.7. The van der Waals surface area contributed by atoms with E-state index in [4.69, 9.17) is 28.4 Å². The van der Waals surface area contributed by atoms with Crippen LogP contribution >= 0.6 is 0 Å². The van der Waals surface area contributed by atoms with Gasteiger partial charge < -0.3 is 28.4 Å². The molecule has 0 bridgehead atoms. The molecule has 0 N–H and O–H groups in total. The van der Waals surface area contributed by atoms with Gasteiger partial charge in [0.25, 0.3) is 0 Å². The van der Waals surface area contributed by atoms with Crippen molar-refractivity contribution in [1.29, 1.82) is 0 Å². The highest BCUT2D eigenvalue weighted by Gasteiger charge is 2.44. The maximum Gasteiger partial charge on any atom is 0.420 e. The minimum absolute atomic E-state index is 0.0778. The lowest BCUT2D eigenvalue weighted by atomic mass is 10.1. The number of rotatable bonds is 6. The van der Waals surface area contributed by atoms with Crippen LogP contribution in [0.3, 0.4) is 0 Å². The monoisotopic (exact) mass is 605 g/mol. The first kappa shape index (κ1) is 35.1. The summed E-state index contributed by atoms with van der Waals surface area (Å²) in [5, 5.41) is 0. The lowest BCUT2D eigenvalue weighted by Gasteiger charge is -2.33. The number of esters is 1. The molecule has 42 heavy (non-hydrogen) atoms. The summed E-state index contributed by atoms with van der Waals surface area (Å²) in [6.45, 7) is 14.5. The number of carbonyl (C=O) groups excluding carboxylic acids is 3. The third-order valence-electron chi connectivity index (χ3n) is 5.55. The second-order valence-corrected chi connectivity index (χ2v) is 12.4. The van der Waals surface area contributed by atoms with Gasteiger partial charge in [0.15, 0.2) is 12.1 Å². The van der Waals surface area contributed by atoms with E-state index >= 15 is 0 Å². The zero-order valence-corrected chi connectivity index (χ0v) is 25.6. The number of benzene rings is 1. The molecule has 10 nitrogen and oxygen atoms in total. The summed E-state index contributed by atoms with van der Waals surface area (Å²) in [5.41, 5.74) is -2.87. The summed E-state index contributed by atoms with van der Waals surface area (Å²) in [6, 6.07) is 2.46. The summed E-state index contributed by atoms with van der Waals surface area (Å²) in [6.07, 6.45) is -9.73. The molecule has 4 atom stereocenters. The largest absolute Gasteiger partial charge is 0.484 e. The molecular formula is C29H42F3NO9. The van der Waals surface area contributed by atoms with E-state index in [1.54, 1.807) is 41.5 Å². The predicted molar refractivity (Wildman–Crippen MR) is 145 cm³/mol. The summed E-state index contributed by atoms with van der Waals surface area (Å²) < 4.78 is 73.4. The van der Waals surface area contributed by atoms with Crippen molar-refractivity contribution in [2.24, 2.45) is 5.92 Å². The Morgan fingerprint density at radius 2 is 1.48 bits per heavy atom. The number of amides is 2. The molecule has 1 aromatic carbocycles. The zero-order chi connectivity index (χ0) is 32.0. The first-order chi connectivity index (χ1) is 19.2. The van der Waals surface area contributed by atoms with Crippen molar-refractivity contribution in [2.75, 3.05) is 19.8 Å². The Kier molecular flexibility index (Phi) is 11.7. The number of hydrogen-bond donors (Lipinski definition) is 0. The second kappa shape index (κ2) is 13.9. The Morgan fingerprint density at radius 1 is 0.952 bits per heavy atom. The van der Waals surface area contributed by atoms with Crippen molar-refractivity contribution in [1.82, 2.24) is 4.90 Å². The van der Waals surface area contributed by atoms with Crippen LogP contribution in [0.1, 0.15) is 67.9 Å². The maximum atomic E-state index is 13.5. The molecule has 0 aliphatic carbocycles. The molecule has 0 saturated carbocycles. The van der Waals surface area contributed by atoms with Gasteiger partial charge in [0.2, 0.25) is 0 Å². The quantitative estimate of drug-likeness (QED) is 0.285. The van der Waals surface area contributed by atoms with Gasteiger partial charge in [0, 0.05) is 6.61 Å². The Hall–Kier alpha value is -3.06. The molecule has 1 aromatic rings. The summed E-state index contributed by atoms with van der Waals surface area (Å²) in [5.74, 6) is -0.830. The van der Waals surface area contributed by atoms with Crippen molar-refractivity contribution in [3.63, 3.8) is 0 Å². The first-order valence-corrected chi connectivity index (χ1v) is 13.7. The third-order valence-corrected chi connectivity index (χ3v) is 5.55. The number of alkyl halides is 3. The van der Waals surface area contributed by atoms with E-state index in [2.05, 4.69) is 0 Å². The van der Waals surface area contributed by atoms with E-state index in [1.165, 1.54) is 6.92 Å². The molecule has 0 aromatic heterocycles. The van der Waals surface area contributed by atoms with E-state index < -0.39 is 72.1 Å². The second-order valence-electron chi connectivity index (χ2n) is 12.4. The van der Waals surface area contributed by atoms with E-state index in [0.29, 0.717) is 4.90 Å². The van der Waals surface area contributed by atoms with Gasteiger partial charge in [-0.15, -0.1) is 0 Å². The van der Waals surface area contributed by atoms with E-state index in [-0.39, 0.29) is 24.9 Å². The van der Waals surface area contributed by atoms with Crippen molar-refractivity contribution in [2.45, 2.75) is 104 Å². The standard InChI is InChI=1S/C29H42F3NO9/c1-17(2)14-38-22-16-37-15-21(33(25(35)41-27(4,5)6)26(36)42-28(7,8)9)24(34)39-18(3)23(22)40-20-12-10-19(11-13-20)29(30,31)32/h10-13,17-18,21-23H,14-16H2,1-9H3/t18-,21-,22-,23-/m0/s1. The van der Waals surface area contributed by atoms with Crippen LogP contribution < -0.4 is 4.74 Å². The average molecular weight is 606 g/mol. The minimum atomic E-state index is -4.53. The van der Waals surface area contributed by atoms with E-state index in [9.17, 15) is 27.6 Å². The molecule has 2 amide bonds. The fraction of sp³-hybridized carbons (Fsp3) is 0.690. The summed E-state index contributed by atoms with van der Waals surface area (Å²) >= 11 is 0. The molecule has 1 aliphatic heterocycles. The van der Waals surface area contributed by atoms with Gasteiger partial charge in [-0.1, -0.05) is 13.8 Å². The lowest BCUT2D eigenvalue weighted by molar-refractivity contribution is -0.162. The number of imide groups is 1. The molecule has 2 rings (SSSR count). The van der Waals surface area contributed by atoms with E-state index in [1.807, 2.05) is 13.8 Å². The zero-order valence-electron chi connectivity index (χ0n) is 25.6. The van der Waals surface area contributed by atoms with Gasteiger partial charge in [-0.3, -0.25) is 0 Å². The van der Waals surface area contributed by atoms with Gasteiger partial charge >= 0.3 is 24.3 Å². The van der Waals surface area contributed by atoms with Crippen LogP contribution in [-0.4, -0.2) is 78.4 Å². The molecule has 1 aliphatic rings. The Labute approximate surface area is 244 Å². The molecule has 1 fully saturated rings. The minimum Gasteiger partial charge on any atom is -0.484 e. The fourth-order valence-electron chi connectivity index (χ4n) is 3.73. The van der Waals surface area contributed by atoms with Crippen LogP contribution in [0.4, 0.5) is 22.8 Å². The number of carbonyl (C=O) groups is 3. The van der Waals surface area contributed by atoms with Crippen molar-refractivity contribution >= 4 is 18.2 Å².